The number of carbonyl (C=O) groups excluding carboxylic acids is 1. The monoisotopic (exact) mass is 339 g/mol. The zero-order valence-electron chi connectivity index (χ0n) is 14.6. The fourth-order valence-electron chi connectivity index (χ4n) is 3.29. The van der Waals surface area contributed by atoms with Gasteiger partial charge in [0.15, 0.2) is 5.82 Å². The molecule has 1 aromatic heterocycles. The number of rotatable bonds is 5. The van der Waals surface area contributed by atoms with Crippen molar-refractivity contribution in [1.29, 1.82) is 0 Å². The van der Waals surface area contributed by atoms with E-state index in [-0.39, 0.29) is 18.0 Å². The number of aromatic nitrogens is 2. The first kappa shape index (κ1) is 17.4. The summed E-state index contributed by atoms with van der Waals surface area (Å²) in [5.74, 6) is 0.955. The molecular formula is C19H25N5O. The molecule has 0 saturated carbocycles. The van der Waals surface area contributed by atoms with E-state index in [1.54, 1.807) is 6.20 Å². The van der Waals surface area contributed by atoms with Crippen LogP contribution in [0.15, 0.2) is 48.7 Å². The Labute approximate surface area is 148 Å². The number of hydrogen-bond donors (Lipinski definition) is 1. The molecule has 132 valence electrons. The second kappa shape index (κ2) is 8.07. The highest BCUT2D eigenvalue weighted by molar-refractivity contribution is 5.77. The first-order valence-electron chi connectivity index (χ1n) is 8.74. The van der Waals surface area contributed by atoms with Crippen LogP contribution < -0.4 is 10.6 Å². The van der Waals surface area contributed by atoms with Crippen LogP contribution in [0.2, 0.25) is 0 Å². The maximum atomic E-state index is 12.7. The van der Waals surface area contributed by atoms with Crippen LogP contribution in [0.25, 0.3) is 0 Å². The molecule has 2 heterocycles. The van der Waals surface area contributed by atoms with Crippen molar-refractivity contribution in [2.45, 2.75) is 31.3 Å². The highest BCUT2D eigenvalue weighted by Gasteiger charge is 2.27. The fraction of sp³-hybridized carbons (Fsp3) is 0.421. The van der Waals surface area contributed by atoms with E-state index in [1.165, 1.54) is 0 Å². The molecule has 0 spiro atoms. The third-order valence-electron chi connectivity index (χ3n) is 4.84. The Morgan fingerprint density at radius 1 is 1.32 bits per heavy atom. The highest BCUT2D eigenvalue weighted by atomic mass is 16.2. The van der Waals surface area contributed by atoms with E-state index in [2.05, 4.69) is 15.1 Å². The van der Waals surface area contributed by atoms with Gasteiger partial charge in [-0.25, -0.2) is 0 Å². The van der Waals surface area contributed by atoms with Gasteiger partial charge in [0.1, 0.15) is 0 Å². The van der Waals surface area contributed by atoms with Crippen molar-refractivity contribution >= 4 is 11.7 Å². The van der Waals surface area contributed by atoms with Gasteiger partial charge in [-0.1, -0.05) is 30.3 Å². The number of carbonyl (C=O) groups is 1. The van der Waals surface area contributed by atoms with Crippen LogP contribution in [0.3, 0.4) is 0 Å². The molecule has 6 heteroatoms. The van der Waals surface area contributed by atoms with Gasteiger partial charge in [0.05, 0.1) is 0 Å². The molecule has 1 aliphatic heterocycles. The van der Waals surface area contributed by atoms with Gasteiger partial charge in [0.25, 0.3) is 0 Å². The van der Waals surface area contributed by atoms with E-state index in [4.69, 9.17) is 5.73 Å². The quantitative estimate of drug-likeness (QED) is 0.902. The van der Waals surface area contributed by atoms with E-state index >= 15 is 0 Å². The minimum Gasteiger partial charge on any atom is -0.353 e. The van der Waals surface area contributed by atoms with Gasteiger partial charge in [-0.2, -0.15) is 5.10 Å². The maximum Gasteiger partial charge on any atom is 0.224 e. The number of benzene rings is 1. The minimum absolute atomic E-state index is 0.0855. The van der Waals surface area contributed by atoms with Crippen LogP contribution in [0.5, 0.6) is 0 Å². The minimum atomic E-state index is -0.268. The predicted octanol–water partition coefficient (Wildman–Crippen LogP) is 1.99. The Morgan fingerprint density at radius 3 is 2.84 bits per heavy atom. The van der Waals surface area contributed by atoms with Gasteiger partial charge in [-0.15, -0.1) is 5.10 Å². The summed E-state index contributed by atoms with van der Waals surface area (Å²) < 4.78 is 0. The summed E-state index contributed by atoms with van der Waals surface area (Å²) in [6.07, 6.45) is 4.02. The first-order valence-corrected chi connectivity index (χ1v) is 8.74. The molecule has 25 heavy (non-hydrogen) atoms. The van der Waals surface area contributed by atoms with Gasteiger partial charge >= 0.3 is 0 Å². The molecule has 1 saturated heterocycles. The summed E-state index contributed by atoms with van der Waals surface area (Å²) in [4.78, 5) is 16.7. The van der Waals surface area contributed by atoms with E-state index in [9.17, 15) is 4.79 Å². The third kappa shape index (κ3) is 4.33. The van der Waals surface area contributed by atoms with Crippen molar-refractivity contribution in [3.63, 3.8) is 0 Å². The molecule has 1 aliphatic rings. The lowest BCUT2D eigenvalue weighted by molar-refractivity contribution is -0.132. The molecule has 2 N–H and O–H groups in total. The third-order valence-corrected chi connectivity index (χ3v) is 4.84. The fourth-order valence-corrected chi connectivity index (χ4v) is 3.29. The van der Waals surface area contributed by atoms with Crippen LogP contribution in [-0.4, -0.2) is 47.2 Å². The van der Waals surface area contributed by atoms with Crippen molar-refractivity contribution in [3.05, 3.63) is 54.2 Å². The van der Waals surface area contributed by atoms with E-state index < -0.39 is 0 Å². The molecule has 1 aromatic carbocycles. The number of likely N-dealkylation sites (N-methyl/N-ethyl adjacent to an activating group) is 1. The number of hydrogen-bond acceptors (Lipinski definition) is 5. The Hall–Kier alpha value is -2.47. The van der Waals surface area contributed by atoms with Gasteiger partial charge in [-0.3, -0.25) is 4.79 Å². The number of nitrogens with two attached hydrogens (primary N) is 1. The van der Waals surface area contributed by atoms with Crippen LogP contribution in [-0.2, 0) is 4.79 Å². The van der Waals surface area contributed by atoms with E-state index in [0.29, 0.717) is 6.42 Å². The zero-order chi connectivity index (χ0) is 17.6. The summed E-state index contributed by atoms with van der Waals surface area (Å²) in [6.45, 7) is 1.72. The molecule has 1 amide bonds. The predicted molar refractivity (Wildman–Crippen MR) is 98.0 cm³/mol. The van der Waals surface area contributed by atoms with Gasteiger partial charge in [-0.05, 0) is 30.5 Å². The summed E-state index contributed by atoms with van der Waals surface area (Å²) in [5, 5.41) is 8.13. The van der Waals surface area contributed by atoms with E-state index in [0.717, 1.165) is 37.3 Å². The Kier molecular flexibility index (Phi) is 5.60. The molecular weight excluding hydrogens is 314 g/mol. The summed E-state index contributed by atoms with van der Waals surface area (Å²) in [5.41, 5.74) is 7.20. The van der Waals surface area contributed by atoms with Crippen molar-refractivity contribution in [2.75, 3.05) is 25.0 Å². The van der Waals surface area contributed by atoms with E-state index in [1.807, 2.05) is 54.4 Å². The van der Waals surface area contributed by atoms with Crippen molar-refractivity contribution < 1.29 is 4.79 Å². The van der Waals surface area contributed by atoms with Crippen molar-refractivity contribution in [2.24, 2.45) is 5.73 Å². The Bertz CT molecular complexity index is 679. The Morgan fingerprint density at radius 2 is 2.12 bits per heavy atom. The molecule has 3 rings (SSSR count). The number of piperidine rings is 1. The van der Waals surface area contributed by atoms with Crippen LogP contribution in [0.1, 0.15) is 30.9 Å². The second-order valence-corrected chi connectivity index (χ2v) is 6.55. The molecule has 0 radical (unpaired) electrons. The standard InChI is InChI=1S/C19H25N5O/c1-23(19(25)13-17(20)15-7-3-2-4-8-15)16-9-6-12-24(14-16)18-10-5-11-21-22-18/h2-5,7-8,10-11,16-17H,6,9,12-14,20H2,1H3. The molecule has 2 aromatic rings. The molecule has 6 nitrogen and oxygen atoms in total. The van der Waals surface area contributed by atoms with Crippen LogP contribution >= 0.6 is 0 Å². The summed E-state index contributed by atoms with van der Waals surface area (Å²) in [6, 6.07) is 13.5. The Balaban J connectivity index is 1.60. The smallest absolute Gasteiger partial charge is 0.224 e. The molecule has 2 atom stereocenters. The molecule has 0 bridgehead atoms. The molecule has 0 aliphatic carbocycles. The van der Waals surface area contributed by atoms with Crippen LogP contribution in [0.4, 0.5) is 5.82 Å². The lowest BCUT2D eigenvalue weighted by atomic mass is 10.0. The SMILES string of the molecule is CN(C(=O)CC(N)c1ccccc1)C1CCCN(c2cccnn2)C1. The normalized spacial score (nSPS) is 18.6. The van der Waals surface area contributed by atoms with Gasteiger partial charge in [0.2, 0.25) is 5.91 Å². The highest BCUT2D eigenvalue weighted by Crippen LogP contribution is 2.21. The molecule has 1 fully saturated rings. The van der Waals surface area contributed by atoms with Gasteiger partial charge < -0.3 is 15.5 Å². The maximum absolute atomic E-state index is 12.7. The average Bonchev–Trinajstić information content (AvgIpc) is 2.68. The van der Waals surface area contributed by atoms with Crippen LogP contribution in [0, 0.1) is 0 Å². The van der Waals surface area contributed by atoms with Crippen molar-refractivity contribution in [3.8, 4) is 0 Å². The first-order chi connectivity index (χ1) is 12.1. The number of anilines is 1. The van der Waals surface area contributed by atoms with Crippen molar-refractivity contribution in [1.82, 2.24) is 15.1 Å². The summed E-state index contributed by atoms with van der Waals surface area (Å²) in [7, 11) is 1.88. The molecule has 2 unspecified atom stereocenters. The number of nitrogens with zero attached hydrogens (tertiary/aromatic N) is 4. The topological polar surface area (TPSA) is 75.3 Å². The lowest BCUT2D eigenvalue weighted by Gasteiger charge is -2.38. The summed E-state index contributed by atoms with van der Waals surface area (Å²) >= 11 is 0. The largest absolute Gasteiger partial charge is 0.353 e. The zero-order valence-corrected chi connectivity index (χ0v) is 14.6. The second-order valence-electron chi connectivity index (χ2n) is 6.55. The number of amides is 1. The van der Waals surface area contributed by atoms with Gasteiger partial charge in [0, 0.05) is 44.8 Å². The lowest BCUT2D eigenvalue weighted by Crippen LogP contribution is -2.49. The average molecular weight is 339 g/mol.